The van der Waals surface area contributed by atoms with Crippen molar-refractivity contribution >= 4 is 11.7 Å². The molecular weight excluding hydrogens is 451 g/mol. The van der Waals surface area contributed by atoms with Crippen LogP contribution in [0.4, 0.5) is 18.9 Å². The third-order valence-electron chi connectivity index (χ3n) is 6.59. The number of carboxylic acid groups (broad SMARTS) is 1. The first-order chi connectivity index (χ1) is 16.2. The molecule has 1 saturated carbocycles. The predicted molar refractivity (Wildman–Crippen MR) is 118 cm³/mol. The van der Waals surface area contributed by atoms with E-state index in [4.69, 9.17) is 9.47 Å². The first-order valence-electron chi connectivity index (χ1n) is 11.4. The second-order valence-electron chi connectivity index (χ2n) is 8.93. The van der Waals surface area contributed by atoms with Gasteiger partial charge in [0.15, 0.2) is 0 Å². The number of hydrogen-bond acceptors (Lipinski definition) is 6. The maximum Gasteiger partial charge on any atom is 0.391 e. The normalized spacial score (nSPS) is 23.5. The fraction of sp³-hybridized carbons (Fsp3) is 0.542. The number of carboxylic acids is 1. The summed E-state index contributed by atoms with van der Waals surface area (Å²) in [5, 5.41) is 9.21. The van der Waals surface area contributed by atoms with Gasteiger partial charge in [0, 0.05) is 12.6 Å². The Morgan fingerprint density at radius 1 is 1.24 bits per heavy atom. The predicted octanol–water partition coefficient (Wildman–Crippen LogP) is 4.81. The lowest BCUT2D eigenvalue weighted by molar-refractivity contribution is -0.184. The van der Waals surface area contributed by atoms with Crippen molar-refractivity contribution in [3.05, 3.63) is 47.5 Å². The molecule has 3 heterocycles. The number of aromatic nitrogens is 2. The lowest BCUT2D eigenvalue weighted by Gasteiger charge is -2.34. The molecule has 2 aliphatic rings. The van der Waals surface area contributed by atoms with Crippen LogP contribution in [0.5, 0.6) is 5.75 Å². The molecule has 1 saturated heterocycles. The van der Waals surface area contributed by atoms with Crippen molar-refractivity contribution in [1.29, 1.82) is 0 Å². The number of rotatable bonds is 6. The van der Waals surface area contributed by atoms with Crippen LogP contribution in [0.15, 0.2) is 30.6 Å². The smallest absolute Gasteiger partial charge is 0.391 e. The molecule has 1 aliphatic heterocycles. The van der Waals surface area contributed by atoms with E-state index in [9.17, 15) is 23.1 Å². The minimum Gasteiger partial charge on any atom is -0.492 e. The van der Waals surface area contributed by atoms with Gasteiger partial charge in [-0.1, -0.05) is 0 Å². The number of carbonyl (C=O) groups is 1. The Bertz CT molecular complexity index is 1010. The molecule has 1 unspecified atom stereocenters. The number of hydrogen-bond donors (Lipinski definition) is 1. The summed E-state index contributed by atoms with van der Waals surface area (Å²) >= 11 is 0. The minimum absolute atomic E-state index is 0.109. The van der Waals surface area contributed by atoms with Gasteiger partial charge in [0.25, 0.3) is 0 Å². The standard InChI is InChI=1S/C24H28F3N3O4/c1-15-20(23(31)32)6-7-21(29-15)22-13-30(8-9-33-22)18-10-19(12-28-11-18)34-14-16-2-4-17(5-3-16)24(25,26)27/h6-7,10-12,16-17,22H,2-5,8-9,13-14H2,1H3,(H,31,32). The van der Waals surface area contributed by atoms with Crippen LogP contribution in [0, 0.1) is 18.8 Å². The van der Waals surface area contributed by atoms with Gasteiger partial charge in [-0.3, -0.25) is 9.97 Å². The quantitative estimate of drug-likeness (QED) is 0.637. The molecule has 2 aromatic heterocycles. The van der Waals surface area contributed by atoms with Crippen molar-refractivity contribution in [1.82, 2.24) is 9.97 Å². The van der Waals surface area contributed by atoms with Crippen molar-refractivity contribution < 1.29 is 32.5 Å². The zero-order valence-electron chi connectivity index (χ0n) is 18.9. The Morgan fingerprint density at radius 3 is 2.68 bits per heavy atom. The topological polar surface area (TPSA) is 84.8 Å². The van der Waals surface area contributed by atoms with E-state index in [0.29, 0.717) is 56.3 Å². The number of pyridine rings is 2. The molecular formula is C24H28F3N3O4. The van der Waals surface area contributed by atoms with Crippen LogP contribution in [0.1, 0.15) is 53.5 Å². The summed E-state index contributed by atoms with van der Waals surface area (Å²) in [4.78, 5) is 22.0. The molecule has 1 aliphatic carbocycles. The molecule has 0 bridgehead atoms. The van der Waals surface area contributed by atoms with Crippen LogP contribution < -0.4 is 9.64 Å². The summed E-state index contributed by atoms with van der Waals surface area (Å²) in [5.74, 6) is -1.52. The number of morpholine rings is 1. The monoisotopic (exact) mass is 479 g/mol. The Hall–Kier alpha value is -2.88. The highest BCUT2D eigenvalue weighted by Gasteiger charge is 2.41. The molecule has 0 radical (unpaired) electrons. The summed E-state index contributed by atoms with van der Waals surface area (Å²) in [7, 11) is 0. The van der Waals surface area contributed by atoms with Gasteiger partial charge >= 0.3 is 12.1 Å². The van der Waals surface area contributed by atoms with Gasteiger partial charge in [-0.2, -0.15) is 13.2 Å². The summed E-state index contributed by atoms with van der Waals surface area (Å²) in [6.45, 7) is 3.68. The number of ether oxygens (including phenoxy) is 2. The van der Waals surface area contributed by atoms with E-state index >= 15 is 0 Å². The van der Waals surface area contributed by atoms with E-state index in [1.165, 1.54) is 0 Å². The summed E-state index contributed by atoms with van der Waals surface area (Å²) < 4.78 is 50.4. The highest BCUT2D eigenvalue weighted by Crippen LogP contribution is 2.39. The lowest BCUT2D eigenvalue weighted by Crippen LogP contribution is -2.38. The van der Waals surface area contributed by atoms with Crippen LogP contribution >= 0.6 is 0 Å². The van der Waals surface area contributed by atoms with E-state index in [0.717, 1.165) is 5.69 Å². The van der Waals surface area contributed by atoms with Gasteiger partial charge < -0.3 is 19.5 Å². The number of halogens is 3. The van der Waals surface area contributed by atoms with E-state index in [1.54, 1.807) is 31.5 Å². The van der Waals surface area contributed by atoms with Gasteiger partial charge in [-0.05, 0) is 50.7 Å². The minimum atomic E-state index is -4.10. The maximum absolute atomic E-state index is 12.9. The maximum atomic E-state index is 12.9. The molecule has 0 aromatic carbocycles. The van der Waals surface area contributed by atoms with Crippen molar-refractivity contribution in [3.63, 3.8) is 0 Å². The van der Waals surface area contributed by atoms with Crippen LogP contribution in [-0.4, -0.2) is 53.5 Å². The molecule has 184 valence electrons. The van der Waals surface area contributed by atoms with E-state index in [2.05, 4.69) is 14.9 Å². The first-order valence-corrected chi connectivity index (χ1v) is 11.4. The molecule has 2 fully saturated rings. The molecule has 0 spiro atoms. The van der Waals surface area contributed by atoms with Crippen molar-refractivity contribution in [2.24, 2.45) is 11.8 Å². The highest BCUT2D eigenvalue weighted by atomic mass is 19.4. The number of nitrogens with zero attached hydrogens (tertiary/aromatic N) is 3. The Morgan fingerprint density at radius 2 is 2.00 bits per heavy atom. The zero-order chi connectivity index (χ0) is 24.3. The zero-order valence-corrected chi connectivity index (χ0v) is 18.9. The Kier molecular flexibility index (Phi) is 7.25. The van der Waals surface area contributed by atoms with Gasteiger partial charge in [0.05, 0.1) is 60.7 Å². The van der Waals surface area contributed by atoms with Crippen molar-refractivity contribution in [3.8, 4) is 5.75 Å². The van der Waals surface area contributed by atoms with E-state index in [-0.39, 0.29) is 30.4 Å². The van der Waals surface area contributed by atoms with Crippen LogP contribution in [0.2, 0.25) is 0 Å². The molecule has 1 N–H and O–H groups in total. The molecule has 7 nitrogen and oxygen atoms in total. The third kappa shape index (κ3) is 5.78. The molecule has 4 rings (SSSR count). The fourth-order valence-electron chi connectivity index (χ4n) is 4.58. The van der Waals surface area contributed by atoms with Crippen molar-refractivity contribution in [2.45, 2.75) is 44.9 Å². The van der Waals surface area contributed by atoms with Crippen LogP contribution in [0.25, 0.3) is 0 Å². The molecule has 1 atom stereocenters. The number of aryl methyl sites for hydroxylation is 1. The molecule has 34 heavy (non-hydrogen) atoms. The van der Waals surface area contributed by atoms with Gasteiger partial charge in [0.1, 0.15) is 11.9 Å². The summed E-state index contributed by atoms with van der Waals surface area (Å²) in [6.07, 6.45) is 0.257. The highest BCUT2D eigenvalue weighted by molar-refractivity contribution is 5.88. The fourth-order valence-corrected chi connectivity index (χ4v) is 4.58. The second-order valence-corrected chi connectivity index (χ2v) is 8.93. The van der Waals surface area contributed by atoms with E-state index < -0.39 is 18.1 Å². The number of alkyl halides is 3. The average molecular weight is 479 g/mol. The summed E-state index contributed by atoms with van der Waals surface area (Å²) in [5.41, 5.74) is 2.12. The van der Waals surface area contributed by atoms with Crippen LogP contribution in [-0.2, 0) is 4.74 Å². The average Bonchev–Trinajstić information content (AvgIpc) is 2.82. The molecule has 10 heteroatoms. The number of aromatic carboxylic acids is 1. The summed E-state index contributed by atoms with van der Waals surface area (Å²) in [6, 6.07) is 5.10. The Balaban J connectivity index is 1.35. The van der Waals surface area contributed by atoms with Crippen molar-refractivity contribution in [2.75, 3.05) is 31.2 Å². The second kappa shape index (κ2) is 10.2. The largest absolute Gasteiger partial charge is 0.492 e. The number of anilines is 1. The SMILES string of the molecule is Cc1nc(C2CN(c3cncc(OCC4CCC(C(F)(F)F)CC4)c3)CCO2)ccc1C(=O)O. The van der Waals surface area contributed by atoms with Gasteiger partial charge in [0.2, 0.25) is 0 Å². The Labute approximate surface area is 195 Å². The van der Waals surface area contributed by atoms with Gasteiger partial charge in [-0.15, -0.1) is 0 Å². The molecule has 0 amide bonds. The molecule has 2 aromatic rings. The van der Waals surface area contributed by atoms with Gasteiger partial charge in [-0.25, -0.2) is 4.79 Å². The van der Waals surface area contributed by atoms with Crippen LogP contribution in [0.3, 0.4) is 0 Å². The lowest BCUT2D eigenvalue weighted by atomic mass is 9.82. The third-order valence-corrected chi connectivity index (χ3v) is 6.59. The first kappa shape index (κ1) is 24.3. The van der Waals surface area contributed by atoms with E-state index in [1.807, 2.05) is 6.07 Å².